The van der Waals surface area contributed by atoms with Crippen molar-refractivity contribution in [2.75, 3.05) is 5.32 Å². The van der Waals surface area contributed by atoms with Crippen molar-refractivity contribution in [3.63, 3.8) is 0 Å². The van der Waals surface area contributed by atoms with Crippen molar-refractivity contribution in [3.8, 4) is 10.7 Å². The molecule has 0 aliphatic rings. The average Bonchev–Trinajstić information content (AvgIpc) is 3.41. The van der Waals surface area contributed by atoms with E-state index in [9.17, 15) is 9.18 Å². The molecule has 0 radical (unpaired) electrons. The molecule has 4 rings (SSSR count). The van der Waals surface area contributed by atoms with Gasteiger partial charge in [-0.05, 0) is 42.1 Å². The van der Waals surface area contributed by atoms with E-state index in [0.29, 0.717) is 17.4 Å². The Morgan fingerprint density at radius 2 is 2.00 bits per heavy atom. The van der Waals surface area contributed by atoms with E-state index >= 15 is 0 Å². The Hall–Kier alpha value is -2.68. The van der Waals surface area contributed by atoms with Crippen molar-refractivity contribution in [2.24, 2.45) is 0 Å². The first-order chi connectivity index (χ1) is 15.0. The SMILES string of the molecule is CC(Sc1nnc(-c2cccs2)n1Cc1ccccc1)C(=O)Nc1ccc(F)cc1Cl. The van der Waals surface area contributed by atoms with E-state index in [1.54, 1.807) is 18.3 Å². The summed E-state index contributed by atoms with van der Waals surface area (Å²) in [5.41, 5.74) is 1.47. The Kier molecular flexibility index (Phi) is 6.70. The van der Waals surface area contributed by atoms with Gasteiger partial charge in [-0.25, -0.2) is 4.39 Å². The zero-order valence-electron chi connectivity index (χ0n) is 16.5. The summed E-state index contributed by atoms with van der Waals surface area (Å²) in [4.78, 5) is 13.7. The van der Waals surface area contributed by atoms with Gasteiger partial charge in [0.25, 0.3) is 0 Å². The second-order valence-electron chi connectivity index (χ2n) is 6.73. The first-order valence-corrected chi connectivity index (χ1v) is 11.6. The maximum Gasteiger partial charge on any atom is 0.237 e. The monoisotopic (exact) mass is 472 g/mol. The fraction of sp³-hybridized carbons (Fsp3) is 0.136. The number of aromatic nitrogens is 3. The van der Waals surface area contributed by atoms with Gasteiger partial charge in [0, 0.05) is 0 Å². The lowest BCUT2D eigenvalue weighted by Crippen LogP contribution is -2.23. The summed E-state index contributed by atoms with van der Waals surface area (Å²) in [6, 6.07) is 17.9. The molecule has 158 valence electrons. The second-order valence-corrected chi connectivity index (χ2v) is 9.39. The molecule has 9 heteroatoms. The number of hydrogen-bond acceptors (Lipinski definition) is 5. The molecule has 1 unspecified atom stereocenters. The molecule has 2 heterocycles. The van der Waals surface area contributed by atoms with Gasteiger partial charge < -0.3 is 5.32 Å². The maximum atomic E-state index is 13.3. The Balaban J connectivity index is 1.56. The van der Waals surface area contributed by atoms with Gasteiger partial charge >= 0.3 is 0 Å². The van der Waals surface area contributed by atoms with Crippen molar-refractivity contribution in [3.05, 3.63) is 82.4 Å². The Morgan fingerprint density at radius 3 is 2.71 bits per heavy atom. The van der Waals surface area contributed by atoms with Gasteiger partial charge in [0.2, 0.25) is 5.91 Å². The fourth-order valence-corrected chi connectivity index (χ4v) is 4.69. The number of hydrogen-bond donors (Lipinski definition) is 1. The van der Waals surface area contributed by atoms with Gasteiger partial charge in [-0.3, -0.25) is 9.36 Å². The number of thioether (sulfide) groups is 1. The number of carbonyl (C=O) groups excluding carboxylic acids is 1. The fourth-order valence-electron chi connectivity index (χ4n) is 2.91. The summed E-state index contributed by atoms with van der Waals surface area (Å²) >= 11 is 8.92. The van der Waals surface area contributed by atoms with E-state index in [-0.39, 0.29) is 10.9 Å². The minimum Gasteiger partial charge on any atom is -0.324 e. The molecule has 0 spiro atoms. The van der Waals surface area contributed by atoms with Crippen molar-refractivity contribution < 1.29 is 9.18 Å². The van der Waals surface area contributed by atoms with Crippen LogP contribution < -0.4 is 5.32 Å². The summed E-state index contributed by atoms with van der Waals surface area (Å²) in [5, 5.41) is 13.8. The van der Waals surface area contributed by atoms with Crippen molar-refractivity contribution >= 4 is 46.3 Å². The number of carbonyl (C=O) groups is 1. The molecule has 2 aromatic carbocycles. The highest BCUT2D eigenvalue weighted by molar-refractivity contribution is 8.00. The van der Waals surface area contributed by atoms with Crippen LogP contribution in [0.5, 0.6) is 0 Å². The summed E-state index contributed by atoms with van der Waals surface area (Å²) in [6.45, 7) is 2.37. The highest BCUT2D eigenvalue weighted by atomic mass is 35.5. The van der Waals surface area contributed by atoms with Gasteiger partial charge in [-0.1, -0.05) is 59.8 Å². The molecule has 1 atom stereocenters. The van der Waals surface area contributed by atoms with E-state index in [4.69, 9.17) is 11.6 Å². The van der Waals surface area contributed by atoms with Gasteiger partial charge in [0.1, 0.15) is 5.82 Å². The van der Waals surface area contributed by atoms with E-state index in [1.165, 1.54) is 30.0 Å². The molecule has 31 heavy (non-hydrogen) atoms. The third-order valence-electron chi connectivity index (χ3n) is 4.48. The highest BCUT2D eigenvalue weighted by Gasteiger charge is 2.22. The number of rotatable bonds is 7. The number of thiophene rings is 1. The number of benzene rings is 2. The van der Waals surface area contributed by atoms with Crippen molar-refractivity contribution in [1.82, 2.24) is 14.8 Å². The van der Waals surface area contributed by atoms with Crippen LogP contribution in [0.3, 0.4) is 0 Å². The molecule has 0 saturated heterocycles. The van der Waals surface area contributed by atoms with Gasteiger partial charge in [-0.15, -0.1) is 21.5 Å². The highest BCUT2D eigenvalue weighted by Crippen LogP contribution is 2.31. The lowest BCUT2D eigenvalue weighted by molar-refractivity contribution is -0.115. The smallest absolute Gasteiger partial charge is 0.237 e. The Labute approximate surface area is 192 Å². The van der Waals surface area contributed by atoms with Crippen LogP contribution in [0, 0.1) is 5.82 Å². The number of anilines is 1. The Morgan fingerprint density at radius 1 is 1.19 bits per heavy atom. The topological polar surface area (TPSA) is 59.8 Å². The average molecular weight is 473 g/mol. The molecule has 4 aromatic rings. The molecule has 5 nitrogen and oxygen atoms in total. The van der Waals surface area contributed by atoms with Crippen LogP contribution in [-0.2, 0) is 11.3 Å². The maximum absolute atomic E-state index is 13.3. The lowest BCUT2D eigenvalue weighted by atomic mass is 10.2. The molecular weight excluding hydrogens is 455 g/mol. The first kappa shape index (κ1) is 21.5. The molecular formula is C22H18ClFN4OS2. The van der Waals surface area contributed by atoms with Crippen LogP contribution in [0.15, 0.2) is 71.2 Å². The minimum absolute atomic E-state index is 0.151. The van der Waals surface area contributed by atoms with Crippen LogP contribution in [0.4, 0.5) is 10.1 Å². The molecule has 2 aromatic heterocycles. The molecule has 0 fully saturated rings. The molecule has 0 saturated carbocycles. The van der Waals surface area contributed by atoms with Gasteiger partial charge in [0.05, 0.1) is 27.4 Å². The largest absolute Gasteiger partial charge is 0.324 e. The van der Waals surface area contributed by atoms with Crippen LogP contribution in [-0.4, -0.2) is 25.9 Å². The summed E-state index contributed by atoms with van der Waals surface area (Å²) < 4.78 is 15.3. The zero-order chi connectivity index (χ0) is 21.8. The zero-order valence-corrected chi connectivity index (χ0v) is 18.8. The van der Waals surface area contributed by atoms with E-state index in [2.05, 4.69) is 15.5 Å². The third-order valence-corrected chi connectivity index (χ3v) is 6.74. The molecule has 1 N–H and O–H groups in total. The number of amides is 1. The van der Waals surface area contributed by atoms with E-state index < -0.39 is 11.1 Å². The van der Waals surface area contributed by atoms with Crippen molar-refractivity contribution in [2.45, 2.75) is 23.9 Å². The molecule has 1 amide bonds. The Bertz CT molecular complexity index is 1180. The van der Waals surface area contributed by atoms with Crippen LogP contribution >= 0.6 is 34.7 Å². The number of halogens is 2. The third kappa shape index (κ3) is 5.15. The van der Waals surface area contributed by atoms with Crippen LogP contribution in [0.1, 0.15) is 12.5 Å². The summed E-state index contributed by atoms with van der Waals surface area (Å²) in [7, 11) is 0. The predicted octanol–water partition coefficient (Wildman–Crippen LogP) is 5.97. The van der Waals surface area contributed by atoms with Crippen LogP contribution in [0.2, 0.25) is 5.02 Å². The van der Waals surface area contributed by atoms with E-state index in [0.717, 1.165) is 16.3 Å². The van der Waals surface area contributed by atoms with Crippen molar-refractivity contribution in [1.29, 1.82) is 0 Å². The van der Waals surface area contributed by atoms with Gasteiger partial charge in [-0.2, -0.15) is 0 Å². The minimum atomic E-state index is -0.476. The summed E-state index contributed by atoms with van der Waals surface area (Å²) in [5.74, 6) is 0.0431. The van der Waals surface area contributed by atoms with Crippen LogP contribution in [0.25, 0.3) is 10.7 Å². The quantitative estimate of drug-likeness (QED) is 0.337. The number of nitrogens with zero attached hydrogens (tertiary/aromatic N) is 3. The number of nitrogens with one attached hydrogen (secondary N) is 1. The molecule has 0 bridgehead atoms. The molecule has 0 aliphatic carbocycles. The standard InChI is InChI=1S/C22H18ClFN4OS2/c1-14(21(29)25-18-10-9-16(24)12-17(18)23)31-22-27-26-20(19-8-5-11-30-19)28(22)13-15-6-3-2-4-7-15/h2-12,14H,13H2,1H3,(H,25,29). The normalized spacial score (nSPS) is 12.0. The first-order valence-electron chi connectivity index (χ1n) is 9.45. The second kappa shape index (κ2) is 9.64. The predicted molar refractivity (Wildman–Crippen MR) is 124 cm³/mol. The lowest BCUT2D eigenvalue weighted by Gasteiger charge is -2.14. The van der Waals surface area contributed by atoms with E-state index in [1.807, 2.05) is 52.4 Å². The van der Waals surface area contributed by atoms with Gasteiger partial charge in [0.15, 0.2) is 11.0 Å². The molecule has 0 aliphatic heterocycles. The summed E-state index contributed by atoms with van der Waals surface area (Å²) in [6.07, 6.45) is 0.